The van der Waals surface area contributed by atoms with E-state index in [1.165, 1.54) is 12.1 Å². The average Bonchev–Trinajstić information content (AvgIpc) is 3.07. The lowest BCUT2D eigenvalue weighted by molar-refractivity contribution is -0.167. The summed E-state index contributed by atoms with van der Waals surface area (Å²) in [5, 5.41) is 9.12. The van der Waals surface area contributed by atoms with Gasteiger partial charge in [0, 0.05) is 28.9 Å². The first-order valence-electron chi connectivity index (χ1n) is 8.36. The van der Waals surface area contributed by atoms with Crippen LogP contribution in [0, 0.1) is 0 Å². The van der Waals surface area contributed by atoms with Gasteiger partial charge in [-0.05, 0) is 41.3 Å². The van der Waals surface area contributed by atoms with E-state index in [2.05, 4.69) is 15.1 Å². The molecular formula is C19H9ClF3N5O. The SMILES string of the molecule is O=C(Nc1ccc2c3cnc(Cl)nc3c3c(nn4ccccc34)c2c1)C(F)(F)F. The van der Waals surface area contributed by atoms with Crippen molar-refractivity contribution < 1.29 is 18.0 Å². The first-order valence-corrected chi connectivity index (χ1v) is 8.74. The van der Waals surface area contributed by atoms with E-state index in [1.54, 1.807) is 29.0 Å². The number of benzene rings is 2. The standard InChI is InChI=1S/C19H9ClF3N5O/c20-18-24-8-12-10-5-4-9(25-17(29)19(21,22)23)7-11(10)16-14(15(12)26-18)13-3-1-2-6-28(13)27-16/h1-8H,(H,25,29). The predicted molar refractivity (Wildman–Crippen MR) is 103 cm³/mol. The zero-order valence-corrected chi connectivity index (χ0v) is 15.1. The summed E-state index contributed by atoms with van der Waals surface area (Å²) in [5.74, 6) is -2.04. The first-order chi connectivity index (χ1) is 13.8. The minimum Gasteiger partial charge on any atom is -0.318 e. The zero-order valence-electron chi connectivity index (χ0n) is 14.3. The molecule has 29 heavy (non-hydrogen) atoms. The van der Waals surface area contributed by atoms with Crippen LogP contribution in [0.5, 0.6) is 0 Å². The van der Waals surface area contributed by atoms with Crippen LogP contribution in [-0.2, 0) is 4.79 Å². The molecule has 5 aromatic rings. The number of carbonyl (C=O) groups is 1. The number of carbonyl (C=O) groups excluding carboxylic acids is 1. The molecule has 0 bridgehead atoms. The monoisotopic (exact) mass is 415 g/mol. The van der Waals surface area contributed by atoms with Crippen molar-refractivity contribution in [2.24, 2.45) is 0 Å². The first kappa shape index (κ1) is 17.6. The molecule has 0 spiro atoms. The Bertz CT molecular complexity index is 1460. The zero-order chi connectivity index (χ0) is 20.3. The average molecular weight is 416 g/mol. The fourth-order valence-electron chi connectivity index (χ4n) is 3.42. The van der Waals surface area contributed by atoms with Crippen LogP contribution in [0.3, 0.4) is 0 Å². The van der Waals surface area contributed by atoms with Crippen molar-refractivity contribution in [1.82, 2.24) is 19.6 Å². The Balaban J connectivity index is 1.89. The maximum absolute atomic E-state index is 12.6. The molecule has 1 amide bonds. The topological polar surface area (TPSA) is 72.2 Å². The molecule has 6 nitrogen and oxygen atoms in total. The number of pyridine rings is 1. The summed E-state index contributed by atoms with van der Waals surface area (Å²) < 4.78 is 39.5. The van der Waals surface area contributed by atoms with E-state index in [0.717, 1.165) is 5.52 Å². The highest BCUT2D eigenvalue weighted by molar-refractivity contribution is 6.31. The molecule has 0 radical (unpaired) electrons. The second-order valence-electron chi connectivity index (χ2n) is 6.37. The molecule has 10 heteroatoms. The van der Waals surface area contributed by atoms with E-state index in [1.807, 2.05) is 17.4 Å². The van der Waals surface area contributed by atoms with Gasteiger partial charge in [0.05, 0.1) is 16.4 Å². The summed E-state index contributed by atoms with van der Waals surface area (Å²) in [7, 11) is 0. The van der Waals surface area contributed by atoms with Gasteiger partial charge in [0.25, 0.3) is 0 Å². The van der Waals surface area contributed by atoms with E-state index in [0.29, 0.717) is 32.6 Å². The molecule has 3 heterocycles. The maximum Gasteiger partial charge on any atom is 0.471 e. The summed E-state index contributed by atoms with van der Waals surface area (Å²) in [6.07, 6.45) is -1.67. The van der Waals surface area contributed by atoms with Crippen LogP contribution in [0.15, 0.2) is 48.8 Å². The number of nitrogens with one attached hydrogen (secondary N) is 1. The molecule has 5 rings (SSSR count). The summed E-state index contributed by atoms with van der Waals surface area (Å²) in [5.41, 5.74) is 1.87. The lowest BCUT2D eigenvalue weighted by Crippen LogP contribution is -2.29. The third kappa shape index (κ3) is 2.73. The van der Waals surface area contributed by atoms with E-state index in [4.69, 9.17) is 11.6 Å². The van der Waals surface area contributed by atoms with Crippen LogP contribution >= 0.6 is 11.6 Å². The van der Waals surface area contributed by atoms with Gasteiger partial charge in [0.2, 0.25) is 5.28 Å². The predicted octanol–water partition coefficient (Wildman–Crippen LogP) is 4.74. The third-order valence-electron chi connectivity index (χ3n) is 4.62. The molecule has 3 aromatic heterocycles. The van der Waals surface area contributed by atoms with Crippen molar-refractivity contribution in [3.8, 4) is 0 Å². The van der Waals surface area contributed by atoms with Crippen molar-refractivity contribution in [2.75, 3.05) is 5.32 Å². The highest BCUT2D eigenvalue weighted by Crippen LogP contribution is 2.37. The number of amides is 1. The Labute approximate surface area is 164 Å². The molecule has 0 aliphatic heterocycles. The molecule has 2 aromatic carbocycles. The summed E-state index contributed by atoms with van der Waals surface area (Å²) in [6, 6.07) is 9.95. The Kier molecular flexibility index (Phi) is 3.66. The fourth-order valence-corrected chi connectivity index (χ4v) is 3.56. The molecule has 0 aliphatic carbocycles. The van der Waals surface area contributed by atoms with Gasteiger partial charge >= 0.3 is 12.1 Å². The molecule has 0 aliphatic rings. The molecular weight excluding hydrogens is 407 g/mol. The number of aromatic nitrogens is 4. The van der Waals surface area contributed by atoms with Crippen molar-refractivity contribution in [2.45, 2.75) is 6.18 Å². The quantitative estimate of drug-likeness (QED) is 0.317. The number of rotatable bonds is 1. The number of hydrogen-bond acceptors (Lipinski definition) is 4. The maximum atomic E-state index is 12.6. The second kappa shape index (κ2) is 6.02. The minimum atomic E-state index is -4.98. The number of nitrogens with zero attached hydrogens (tertiary/aromatic N) is 4. The number of hydrogen-bond donors (Lipinski definition) is 1. The molecule has 0 saturated heterocycles. The summed E-state index contributed by atoms with van der Waals surface area (Å²) >= 11 is 6.01. The largest absolute Gasteiger partial charge is 0.471 e. The summed E-state index contributed by atoms with van der Waals surface area (Å²) in [4.78, 5) is 19.7. The van der Waals surface area contributed by atoms with E-state index in [9.17, 15) is 18.0 Å². The Morgan fingerprint density at radius 3 is 2.69 bits per heavy atom. The van der Waals surface area contributed by atoms with Gasteiger partial charge in [-0.2, -0.15) is 18.3 Å². The van der Waals surface area contributed by atoms with Gasteiger partial charge in [0.15, 0.2) is 0 Å². The Morgan fingerprint density at radius 2 is 1.90 bits per heavy atom. The minimum absolute atomic E-state index is 0.00686. The van der Waals surface area contributed by atoms with Crippen molar-refractivity contribution in [1.29, 1.82) is 0 Å². The van der Waals surface area contributed by atoms with Gasteiger partial charge < -0.3 is 5.32 Å². The van der Waals surface area contributed by atoms with Crippen LogP contribution in [-0.4, -0.2) is 31.7 Å². The third-order valence-corrected chi connectivity index (χ3v) is 4.80. The molecule has 0 saturated carbocycles. The van der Waals surface area contributed by atoms with Crippen LogP contribution < -0.4 is 5.32 Å². The molecule has 0 fully saturated rings. The smallest absolute Gasteiger partial charge is 0.318 e. The van der Waals surface area contributed by atoms with E-state index >= 15 is 0 Å². The fraction of sp³-hybridized carbons (Fsp3) is 0.0526. The van der Waals surface area contributed by atoms with Crippen LogP contribution in [0.25, 0.3) is 38.1 Å². The van der Waals surface area contributed by atoms with E-state index < -0.39 is 12.1 Å². The van der Waals surface area contributed by atoms with Gasteiger partial charge in [-0.3, -0.25) is 4.79 Å². The number of anilines is 1. The molecule has 0 atom stereocenters. The second-order valence-corrected chi connectivity index (χ2v) is 6.71. The highest BCUT2D eigenvalue weighted by Gasteiger charge is 2.38. The van der Waals surface area contributed by atoms with Gasteiger partial charge in [-0.25, -0.2) is 14.5 Å². The molecule has 1 N–H and O–H groups in total. The lowest BCUT2D eigenvalue weighted by Gasteiger charge is -2.10. The lowest BCUT2D eigenvalue weighted by atomic mass is 10.0. The Morgan fingerprint density at radius 1 is 1.07 bits per heavy atom. The number of fused-ring (bicyclic) bond motifs is 8. The van der Waals surface area contributed by atoms with Crippen LogP contribution in [0.1, 0.15) is 0 Å². The number of alkyl halides is 3. The molecule has 144 valence electrons. The highest BCUT2D eigenvalue weighted by atomic mass is 35.5. The van der Waals surface area contributed by atoms with Crippen molar-refractivity contribution >= 4 is 61.3 Å². The normalized spacial score (nSPS) is 12.3. The van der Waals surface area contributed by atoms with Crippen LogP contribution in [0.2, 0.25) is 5.28 Å². The number of halogens is 4. The van der Waals surface area contributed by atoms with E-state index in [-0.39, 0.29) is 11.0 Å². The summed E-state index contributed by atoms with van der Waals surface area (Å²) in [6.45, 7) is 0. The molecule has 0 unspecified atom stereocenters. The van der Waals surface area contributed by atoms with Crippen LogP contribution in [0.4, 0.5) is 18.9 Å². The Hall–Kier alpha value is -3.46. The van der Waals surface area contributed by atoms with Crippen molar-refractivity contribution in [3.63, 3.8) is 0 Å². The van der Waals surface area contributed by atoms with Crippen molar-refractivity contribution in [3.05, 3.63) is 54.1 Å². The van der Waals surface area contributed by atoms with Gasteiger partial charge in [-0.1, -0.05) is 12.1 Å². The van der Waals surface area contributed by atoms with Gasteiger partial charge in [0.1, 0.15) is 5.52 Å². The van der Waals surface area contributed by atoms with Gasteiger partial charge in [-0.15, -0.1) is 0 Å².